The highest BCUT2D eigenvalue weighted by Gasteiger charge is 2.38. The zero-order chi connectivity index (χ0) is 18.0. The molecule has 1 atom stereocenters. The molecule has 2 aliphatic rings. The molecule has 0 fully saturated rings. The number of Topliss-reactive ketones (excluding diaryl/α,β-unsaturated/α-hetero) is 1. The van der Waals surface area contributed by atoms with Crippen LogP contribution in [0.2, 0.25) is 0 Å². The van der Waals surface area contributed by atoms with Crippen LogP contribution in [0.25, 0.3) is 0 Å². The number of ether oxygens (including phenoxy) is 1. The van der Waals surface area contributed by atoms with Crippen LogP contribution in [0.4, 0.5) is 0 Å². The number of nitrogens with one attached hydrogen (secondary N) is 1. The summed E-state index contributed by atoms with van der Waals surface area (Å²) in [6, 6.07) is 8.07. The molecule has 0 radical (unpaired) electrons. The number of carbonyl (C=O) groups is 2. The second-order valence-electron chi connectivity index (χ2n) is 6.81. The molecule has 1 aliphatic carbocycles. The van der Waals surface area contributed by atoms with Crippen molar-refractivity contribution in [2.45, 2.75) is 52.4 Å². The molecule has 1 aromatic rings. The topological polar surface area (TPSA) is 55.4 Å². The van der Waals surface area contributed by atoms with E-state index in [1.807, 2.05) is 45.0 Å². The predicted molar refractivity (Wildman–Crippen MR) is 96.9 cm³/mol. The van der Waals surface area contributed by atoms with Crippen molar-refractivity contribution in [2.24, 2.45) is 0 Å². The minimum atomic E-state index is -0.339. The van der Waals surface area contributed by atoms with Crippen molar-refractivity contribution in [3.8, 4) is 0 Å². The lowest BCUT2D eigenvalue weighted by molar-refractivity contribution is -0.139. The molecule has 4 nitrogen and oxygen atoms in total. The quantitative estimate of drug-likeness (QED) is 0.845. The Labute approximate surface area is 149 Å². The van der Waals surface area contributed by atoms with Gasteiger partial charge >= 0.3 is 5.97 Å². The third kappa shape index (κ3) is 3.39. The Balaban J connectivity index is 2.10. The van der Waals surface area contributed by atoms with Crippen molar-refractivity contribution in [3.63, 3.8) is 0 Å². The van der Waals surface area contributed by atoms with E-state index in [0.717, 1.165) is 47.4 Å². The molecule has 1 aliphatic heterocycles. The zero-order valence-corrected chi connectivity index (χ0v) is 15.1. The van der Waals surface area contributed by atoms with E-state index >= 15 is 0 Å². The molecule has 0 spiro atoms. The molecule has 0 amide bonds. The van der Waals surface area contributed by atoms with Crippen LogP contribution in [0, 0.1) is 6.92 Å². The number of carbonyl (C=O) groups excluding carboxylic acids is 2. The number of allylic oxidation sites excluding steroid dienone is 3. The van der Waals surface area contributed by atoms with E-state index < -0.39 is 0 Å². The number of esters is 1. The van der Waals surface area contributed by atoms with Crippen molar-refractivity contribution in [2.75, 3.05) is 6.61 Å². The fourth-order valence-corrected chi connectivity index (χ4v) is 3.62. The first kappa shape index (κ1) is 17.5. The summed E-state index contributed by atoms with van der Waals surface area (Å²) in [6.07, 6.45) is 3.01. The molecule has 0 saturated carbocycles. The van der Waals surface area contributed by atoms with Gasteiger partial charge in [-0.2, -0.15) is 0 Å². The van der Waals surface area contributed by atoms with E-state index in [4.69, 9.17) is 4.74 Å². The van der Waals surface area contributed by atoms with Gasteiger partial charge in [0.1, 0.15) is 0 Å². The molecule has 4 heteroatoms. The highest BCUT2D eigenvalue weighted by Crippen LogP contribution is 2.42. The fourth-order valence-electron chi connectivity index (χ4n) is 3.62. The van der Waals surface area contributed by atoms with E-state index in [1.54, 1.807) is 0 Å². The monoisotopic (exact) mass is 339 g/mol. The smallest absolute Gasteiger partial charge is 0.336 e. The van der Waals surface area contributed by atoms with E-state index in [0.29, 0.717) is 18.6 Å². The molecule has 1 aromatic carbocycles. The minimum absolute atomic E-state index is 0.132. The van der Waals surface area contributed by atoms with Gasteiger partial charge in [-0.25, -0.2) is 4.79 Å². The van der Waals surface area contributed by atoms with Crippen molar-refractivity contribution < 1.29 is 14.3 Å². The average Bonchev–Trinajstić information content (AvgIpc) is 2.59. The third-order valence-corrected chi connectivity index (χ3v) is 4.84. The summed E-state index contributed by atoms with van der Waals surface area (Å²) in [6.45, 7) is 6.28. The van der Waals surface area contributed by atoms with Crippen LogP contribution < -0.4 is 5.32 Å². The van der Waals surface area contributed by atoms with Gasteiger partial charge in [-0.15, -0.1) is 0 Å². The largest absolute Gasteiger partial charge is 0.462 e. The summed E-state index contributed by atoms with van der Waals surface area (Å²) in [7, 11) is 0. The maximum absolute atomic E-state index is 12.7. The zero-order valence-electron chi connectivity index (χ0n) is 15.1. The molecule has 1 heterocycles. The van der Waals surface area contributed by atoms with E-state index in [-0.39, 0.29) is 17.7 Å². The van der Waals surface area contributed by atoms with Crippen LogP contribution in [0.3, 0.4) is 0 Å². The first-order chi connectivity index (χ1) is 12.0. The van der Waals surface area contributed by atoms with Crippen LogP contribution in [0.15, 0.2) is 46.8 Å². The van der Waals surface area contributed by atoms with Gasteiger partial charge in [0.15, 0.2) is 5.78 Å². The highest BCUT2D eigenvalue weighted by molar-refractivity contribution is 6.03. The minimum Gasteiger partial charge on any atom is -0.462 e. The number of rotatable bonds is 4. The molecular formula is C21H25NO3. The summed E-state index contributed by atoms with van der Waals surface area (Å²) >= 11 is 0. The number of hydrogen-bond donors (Lipinski definition) is 1. The normalized spacial score (nSPS) is 20.3. The summed E-state index contributed by atoms with van der Waals surface area (Å²) in [5.74, 6) is -0.538. The van der Waals surface area contributed by atoms with Crippen molar-refractivity contribution in [3.05, 3.63) is 57.9 Å². The van der Waals surface area contributed by atoms with Gasteiger partial charge in [-0.05, 0) is 38.7 Å². The van der Waals surface area contributed by atoms with Crippen molar-refractivity contribution in [1.82, 2.24) is 5.32 Å². The predicted octanol–water partition coefficient (Wildman–Crippen LogP) is 3.92. The molecule has 0 saturated heterocycles. The van der Waals surface area contributed by atoms with Crippen LogP contribution in [0.1, 0.15) is 56.6 Å². The highest BCUT2D eigenvalue weighted by atomic mass is 16.5. The summed E-state index contributed by atoms with van der Waals surface area (Å²) in [5.41, 5.74) is 5.18. The van der Waals surface area contributed by atoms with Gasteiger partial charge in [-0.3, -0.25) is 4.79 Å². The number of hydrogen-bond acceptors (Lipinski definition) is 4. The van der Waals surface area contributed by atoms with Gasteiger partial charge in [0.25, 0.3) is 0 Å². The SMILES string of the molecule is CCCOC(=O)C1=C(C)NC2=C(C(=O)CCC2)[C@H]1c1ccc(C)cc1. The Bertz CT molecular complexity index is 756. The molecule has 0 unspecified atom stereocenters. The molecule has 0 aromatic heterocycles. The lowest BCUT2D eigenvalue weighted by Gasteiger charge is -2.34. The summed E-state index contributed by atoms with van der Waals surface area (Å²) in [5, 5.41) is 3.30. The van der Waals surface area contributed by atoms with Gasteiger partial charge < -0.3 is 10.1 Å². The summed E-state index contributed by atoms with van der Waals surface area (Å²) in [4.78, 5) is 25.4. The maximum atomic E-state index is 12.7. The van der Waals surface area contributed by atoms with E-state index in [2.05, 4.69) is 5.32 Å². The van der Waals surface area contributed by atoms with Gasteiger partial charge in [0, 0.05) is 29.3 Å². The Morgan fingerprint density at radius 1 is 1.20 bits per heavy atom. The van der Waals surface area contributed by atoms with E-state index in [9.17, 15) is 9.59 Å². The van der Waals surface area contributed by atoms with E-state index in [1.165, 1.54) is 0 Å². The Morgan fingerprint density at radius 3 is 2.60 bits per heavy atom. The molecule has 1 N–H and O–H groups in total. The average molecular weight is 339 g/mol. The van der Waals surface area contributed by atoms with Crippen LogP contribution in [-0.2, 0) is 14.3 Å². The lowest BCUT2D eigenvalue weighted by atomic mass is 9.75. The maximum Gasteiger partial charge on any atom is 0.336 e. The van der Waals surface area contributed by atoms with Crippen LogP contribution in [0.5, 0.6) is 0 Å². The van der Waals surface area contributed by atoms with Crippen LogP contribution in [-0.4, -0.2) is 18.4 Å². The van der Waals surface area contributed by atoms with Gasteiger partial charge in [0.05, 0.1) is 12.2 Å². The fraction of sp³-hybridized carbons (Fsp3) is 0.429. The van der Waals surface area contributed by atoms with Gasteiger partial charge in [-0.1, -0.05) is 36.8 Å². The third-order valence-electron chi connectivity index (χ3n) is 4.84. The Hall–Kier alpha value is -2.36. The standard InChI is InChI=1S/C21H25NO3/c1-4-12-25-21(24)18-14(3)22-16-6-5-7-17(23)20(16)19(18)15-10-8-13(2)9-11-15/h8-11,19,22H,4-7,12H2,1-3H3/t19-/m0/s1. The van der Waals surface area contributed by atoms with Gasteiger partial charge in [0.2, 0.25) is 0 Å². The lowest BCUT2D eigenvalue weighted by Crippen LogP contribution is -2.34. The second-order valence-corrected chi connectivity index (χ2v) is 6.81. The van der Waals surface area contributed by atoms with Crippen LogP contribution >= 0.6 is 0 Å². The number of ketones is 1. The number of benzene rings is 1. The molecule has 0 bridgehead atoms. The van der Waals surface area contributed by atoms with Crippen molar-refractivity contribution in [1.29, 1.82) is 0 Å². The first-order valence-corrected chi connectivity index (χ1v) is 9.00. The number of aryl methyl sites for hydroxylation is 1. The molecular weight excluding hydrogens is 314 g/mol. The number of dihydropyridines is 1. The Kier molecular flexibility index (Phi) is 5.07. The second kappa shape index (κ2) is 7.26. The Morgan fingerprint density at radius 2 is 1.92 bits per heavy atom. The first-order valence-electron chi connectivity index (χ1n) is 9.00. The molecule has 132 valence electrons. The summed E-state index contributed by atoms with van der Waals surface area (Å²) < 4.78 is 5.42. The molecule has 3 rings (SSSR count). The van der Waals surface area contributed by atoms with Crippen molar-refractivity contribution >= 4 is 11.8 Å². The molecule has 25 heavy (non-hydrogen) atoms.